The van der Waals surface area contributed by atoms with Gasteiger partial charge in [0.15, 0.2) is 0 Å². The molecule has 0 atom stereocenters. The quantitative estimate of drug-likeness (QED) is 0.886. The number of amides is 1. The standard InChI is InChI=1S/C16H20ClN3O2/c1-4-7-22-15-6-5-12(8-14(15)17)16(21)20(3)10-13-9-18-19-11(13)2/h5-6,8-9H,4,7,10H2,1-3H3,(H,18,19). The molecule has 0 spiro atoms. The summed E-state index contributed by atoms with van der Waals surface area (Å²) in [5.74, 6) is 0.512. The van der Waals surface area contributed by atoms with Crippen molar-refractivity contribution in [2.75, 3.05) is 13.7 Å². The summed E-state index contributed by atoms with van der Waals surface area (Å²) in [6.07, 6.45) is 2.64. The highest BCUT2D eigenvalue weighted by molar-refractivity contribution is 6.32. The van der Waals surface area contributed by atoms with Crippen LogP contribution in [0.1, 0.15) is 35.0 Å². The Bertz CT molecular complexity index is 655. The number of H-pyrrole nitrogens is 1. The topological polar surface area (TPSA) is 58.2 Å². The number of nitrogens with one attached hydrogen (secondary N) is 1. The Balaban J connectivity index is 2.08. The normalized spacial score (nSPS) is 10.5. The third kappa shape index (κ3) is 3.80. The lowest BCUT2D eigenvalue weighted by atomic mass is 10.1. The van der Waals surface area contributed by atoms with Gasteiger partial charge in [0.1, 0.15) is 5.75 Å². The van der Waals surface area contributed by atoms with E-state index in [0.29, 0.717) is 29.5 Å². The number of rotatable bonds is 6. The highest BCUT2D eigenvalue weighted by Crippen LogP contribution is 2.26. The second-order valence-electron chi connectivity index (χ2n) is 5.18. The molecule has 0 radical (unpaired) electrons. The lowest BCUT2D eigenvalue weighted by Crippen LogP contribution is -2.26. The summed E-state index contributed by atoms with van der Waals surface area (Å²) < 4.78 is 5.51. The van der Waals surface area contributed by atoms with Gasteiger partial charge in [0, 0.05) is 30.4 Å². The largest absolute Gasteiger partial charge is 0.492 e. The van der Waals surface area contributed by atoms with E-state index < -0.39 is 0 Å². The Morgan fingerprint density at radius 1 is 1.45 bits per heavy atom. The fourth-order valence-electron chi connectivity index (χ4n) is 2.05. The first-order valence-electron chi connectivity index (χ1n) is 7.19. The maximum absolute atomic E-state index is 12.5. The van der Waals surface area contributed by atoms with Crippen LogP contribution >= 0.6 is 11.6 Å². The molecule has 0 aliphatic carbocycles. The van der Waals surface area contributed by atoms with Crippen molar-refractivity contribution in [1.29, 1.82) is 0 Å². The number of ether oxygens (including phenoxy) is 1. The van der Waals surface area contributed by atoms with Gasteiger partial charge in [-0.3, -0.25) is 9.89 Å². The molecule has 0 fully saturated rings. The Labute approximate surface area is 135 Å². The molecule has 1 heterocycles. The van der Waals surface area contributed by atoms with Crippen molar-refractivity contribution in [1.82, 2.24) is 15.1 Å². The van der Waals surface area contributed by atoms with E-state index >= 15 is 0 Å². The molecule has 2 aromatic rings. The molecule has 118 valence electrons. The van der Waals surface area contributed by atoms with Crippen molar-refractivity contribution in [3.63, 3.8) is 0 Å². The van der Waals surface area contributed by atoms with Gasteiger partial charge in [0.05, 0.1) is 17.8 Å². The lowest BCUT2D eigenvalue weighted by molar-refractivity contribution is 0.0785. The van der Waals surface area contributed by atoms with Crippen LogP contribution in [0.3, 0.4) is 0 Å². The Hall–Kier alpha value is -2.01. The summed E-state index contributed by atoms with van der Waals surface area (Å²) in [5, 5.41) is 7.27. The van der Waals surface area contributed by atoms with Crippen molar-refractivity contribution in [2.45, 2.75) is 26.8 Å². The molecule has 0 aliphatic heterocycles. The molecule has 0 bridgehead atoms. The molecule has 1 N–H and O–H groups in total. The van der Waals surface area contributed by atoms with E-state index in [9.17, 15) is 4.79 Å². The van der Waals surface area contributed by atoms with Crippen molar-refractivity contribution in [3.05, 3.63) is 46.2 Å². The summed E-state index contributed by atoms with van der Waals surface area (Å²) in [6, 6.07) is 5.12. The maximum atomic E-state index is 12.5. The van der Waals surface area contributed by atoms with Crippen LogP contribution in [0.2, 0.25) is 5.02 Å². The minimum atomic E-state index is -0.0930. The molecule has 1 aromatic heterocycles. The number of hydrogen-bond donors (Lipinski definition) is 1. The molecule has 0 saturated carbocycles. The van der Waals surface area contributed by atoms with Crippen molar-refractivity contribution < 1.29 is 9.53 Å². The van der Waals surface area contributed by atoms with Crippen LogP contribution in [0.5, 0.6) is 5.75 Å². The fraction of sp³-hybridized carbons (Fsp3) is 0.375. The van der Waals surface area contributed by atoms with Gasteiger partial charge >= 0.3 is 0 Å². The first-order chi connectivity index (χ1) is 10.5. The lowest BCUT2D eigenvalue weighted by Gasteiger charge is -2.17. The summed E-state index contributed by atoms with van der Waals surface area (Å²) in [6.45, 7) is 5.05. The molecule has 0 aliphatic rings. The SMILES string of the molecule is CCCOc1ccc(C(=O)N(C)Cc2cn[nH]c2C)cc1Cl. The third-order valence-corrected chi connectivity index (χ3v) is 3.62. The number of hydrogen-bond acceptors (Lipinski definition) is 3. The third-order valence-electron chi connectivity index (χ3n) is 3.33. The minimum Gasteiger partial charge on any atom is -0.492 e. The molecular formula is C16H20ClN3O2. The van der Waals surface area contributed by atoms with Gasteiger partial charge in [-0.1, -0.05) is 18.5 Å². The molecule has 1 aromatic carbocycles. The van der Waals surface area contributed by atoms with Crippen LogP contribution in [0.15, 0.2) is 24.4 Å². The zero-order chi connectivity index (χ0) is 16.1. The van der Waals surface area contributed by atoms with E-state index in [1.165, 1.54) is 0 Å². The molecule has 2 rings (SSSR count). The fourth-order valence-corrected chi connectivity index (χ4v) is 2.28. The zero-order valence-corrected chi connectivity index (χ0v) is 13.8. The van der Waals surface area contributed by atoms with Gasteiger partial charge in [-0.15, -0.1) is 0 Å². The summed E-state index contributed by atoms with van der Waals surface area (Å²) in [7, 11) is 1.75. The first-order valence-corrected chi connectivity index (χ1v) is 7.57. The van der Waals surface area contributed by atoms with E-state index in [2.05, 4.69) is 10.2 Å². The number of benzene rings is 1. The van der Waals surface area contributed by atoms with Gasteiger partial charge in [-0.05, 0) is 31.5 Å². The number of aromatic amines is 1. The van der Waals surface area contributed by atoms with Crippen LogP contribution in [0.25, 0.3) is 0 Å². The second kappa shape index (κ2) is 7.31. The van der Waals surface area contributed by atoms with Crippen LogP contribution < -0.4 is 4.74 Å². The molecule has 6 heteroatoms. The predicted molar refractivity (Wildman–Crippen MR) is 86.4 cm³/mol. The van der Waals surface area contributed by atoms with Gasteiger partial charge in [-0.2, -0.15) is 5.10 Å². The van der Waals surface area contributed by atoms with Gasteiger partial charge < -0.3 is 9.64 Å². The number of aromatic nitrogens is 2. The van der Waals surface area contributed by atoms with E-state index in [0.717, 1.165) is 17.7 Å². The highest BCUT2D eigenvalue weighted by atomic mass is 35.5. The molecule has 5 nitrogen and oxygen atoms in total. The predicted octanol–water partition coefficient (Wildman–Crippen LogP) is 3.43. The van der Waals surface area contributed by atoms with E-state index in [1.807, 2.05) is 13.8 Å². The average Bonchev–Trinajstić information content (AvgIpc) is 2.90. The molecule has 0 saturated heterocycles. The average molecular weight is 322 g/mol. The summed E-state index contributed by atoms with van der Waals surface area (Å²) in [4.78, 5) is 14.1. The zero-order valence-electron chi connectivity index (χ0n) is 13.0. The smallest absolute Gasteiger partial charge is 0.253 e. The molecule has 0 unspecified atom stereocenters. The van der Waals surface area contributed by atoms with E-state index in [-0.39, 0.29) is 5.91 Å². The second-order valence-corrected chi connectivity index (χ2v) is 5.58. The number of carbonyl (C=O) groups is 1. The molecular weight excluding hydrogens is 302 g/mol. The molecule has 1 amide bonds. The number of carbonyl (C=O) groups excluding carboxylic acids is 1. The van der Waals surface area contributed by atoms with Crippen molar-refractivity contribution in [3.8, 4) is 5.75 Å². The highest BCUT2D eigenvalue weighted by Gasteiger charge is 2.15. The monoisotopic (exact) mass is 321 g/mol. The van der Waals surface area contributed by atoms with Crippen molar-refractivity contribution >= 4 is 17.5 Å². The minimum absolute atomic E-state index is 0.0930. The Morgan fingerprint density at radius 2 is 2.23 bits per heavy atom. The van der Waals surface area contributed by atoms with Gasteiger partial charge in [-0.25, -0.2) is 0 Å². The van der Waals surface area contributed by atoms with E-state index in [1.54, 1.807) is 36.3 Å². The van der Waals surface area contributed by atoms with Crippen LogP contribution in [-0.2, 0) is 6.54 Å². The number of aryl methyl sites for hydroxylation is 1. The van der Waals surface area contributed by atoms with Crippen LogP contribution in [-0.4, -0.2) is 34.7 Å². The van der Waals surface area contributed by atoms with Gasteiger partial charge in [0.2, 0.25) is 0 Å². The molecule has 22 heavy (non-hydrogen) atoms. The van der Waals surface area contributed by atoms with Crippen LogP contribution in [0, 0.1) is 6.92 Å². The Morgan fingerprint density at radius 3 is 2.82 bits per heavy atom. The Kier molecular flexibility index (Phi) is 5.44. The number of halogens is 1. The van der Waals surface area contributed by atoms with Gasteiger partial charge in [0.25, 0.3) is 5.91 Å². The van der Waals surface area contributed by atoms with Crippen LogP contribution in [0.4, 0.5) is 0 Å². The number of nitrogens with zero attached hydrogens (tertiary/aromatic N) is 2. The summed E-state index contributed by atoms with van der Waals surface area (Å²) >= 11 is 6.17. The van der Waals surface area contributed by atoms with E-state index in [4.69, 9.17) is 16.3 Å². The maximum Gasteiger partial charge on any atom is 0.253 e. The summed E-state index contributed by atoms with van der Waals surface area (Å²) in [5.41, 5.74) is 2.49. The van der Waals surface area contributed by atoms with Crippen molar-refractivity contribution in [2.24, 2.45) is 0 Å². The first kappa shape index (κ1) is 16.4.